The first-order chi connectivity index (χ1) is 6.15. The van der Waals surface area contributed by atoms with Crippen LogP contribution in [0.1, 0.15) is 6.92 Å². The molecule has 1 rings (SSSR count). The number of nitrogens with one attached hydrogen (secondary N) is 1. The molecule has 13 heavy (non-hydrogen) atoms. The molecule has 1 amide bonds. The van der Waals surface area contributed by atoms with Gasteiger partial charge in [0.05, 0.1) is 6.04 Å². The molecule has 1 fully saturated rings. The molecule has 0 saturated carbocycles. The van der Waals surface area contributed by atoms with E-state index in [0.717, 1.165) is 0 Å². The summed E-state index contributed by atoms with van der Waals surface area (Å²) in [5.74, 6) is 6.14. The Hall–Kier alpha value is -0.460. The summed E-state index contributed by atoms with van der Waals surface area (Å²) >= 11 is 0. The second-order valence-electron chi connectivity index (χ2n) is 3.07. The SMILES string of the molecule is CC(C(=O)NN)N1CCS(=O)CC1. The van der Waals surface area contributed by atoms with Crippen LogP contribution in [0.15, 0.2) is 0 Å². The van der Waals surface area contributed by atoms with E-state index in [0.29, 0.717) is 24.6 Å². The summed E-state index contributed by atoms with van der Waals surface area (Å²) in [7, 11) is -0.697. The number of carbonyl (C=O) groups excluding carboxylic acids is 1. The quantitative estimate of drug-likeness (QED) is 0.324. The fourth-order valence-electron chi connectivity index (χ4n) is 1.33. The topological polar surface area (TPSA) is 75.4 Å². The first kappa shape index (κ1) is 10.6. The van der Waals surface area contributed by atoms with Gasteiger partial charge >= 0.3 is 0 Å². The van der Waals surface area contributed by atoms with E-state index in [-0.39, 0.29) is 11.9 Å². The van der Waals surface area contributed by atoms with Crippen LogP contribution < -0.4 is 11.3 Å². The van der Waals surface area contributed by atoms with Crippen molar-refractivity contribution in [2.24, 2.45) is 5.84 Å². The third-order valence-electron chi connectivity index (χ3n) is 2.28. The van der Waals surface area contributed by atoms with Gasteiger partial charge in [-0.15, -0.1) is 0 Å². The lowest BCUT2D eigenvalue weighted by Crippen LogP contribution is -2.51. The smallest absolute Gasteiger partial charge is 0.250 e. The lowest BCUT2D eigenvalue weighted by Gasteiger charge is -2.30. The van der Waals surface area contributed by atoms with Gasteiger partial charge in [0, 0.05) is 35.4 Å². The molecule has 6 heteroatoms. The predicted octanol–water partition coefficient (Wildman–Crippen LogP) is -1.57. The van der Waals surface area contributed by atoms with Crippen LogP contribution in [0.25, 0.3) is 0 Å². The van der Waals surface area contributed by atoms with Crippen molar-refractivity contribution in [1.82, 2.24) is 10.3 Å². The molecule has 0 bridgehead atoms. The van der Waals surface area contributed by atoms with Crippen LogP contribution in [0.4, 0.5) is 0 Å². The molecule has 0 spiro atoms. The Morgan fingerprint density at radius 1 is 1.54 bits per heavy atom. The average Bonchev–Trinajstić information content (AvgIpc) is 2.17. The highest BCUT2D eigenvalue weighted by molar-refractivity contribution is 7.85. The number of hydrogen-bond acceptors (Lipinski definition) is 4. The first-order valence-electron chi connectivity index (χ1n) is 4.24. The average molecular weight is 205 g/mol. The summed E-state index contributed by atoms with van der Waals surface area (Å²) < 4.78 is 11.0. The van der Waals surface area contributed by atoms with Crippen LogP contribution in [-0.2, 0) is 15.6 Å². The Labute approximate surface area is 80.1 Å². The second kappa shape index (κ2) is 4.69. The van der Waals surface area contributed by atoms with Crippen LogP contribution in [0, 0.1) is 0 Å². The van der Waals surface area contributed by atoms with Crippen molar-refractivity contribution in [3.8, 4) is 0 Å². The minimum atomic E-state index is -0.697. The summed E-state index contributed by atoms with van der Waals surface area (Å²) in [6.45, 7) is 3.22. The zero-order valence-electron chi connectivity index (χ0n) is 7.66. The highest BCUT2D eigenvalue weighted by Crippen LogP contribution is 2.04. The summed E-state index contributed by atoms with van der Waals surface area (Å²) in [5.41, 5.74) is 2.12. The maximum Gasteiger partial charge on any atom is 0.250 e. The third-order valence-corrected chi connectivity index (χ3v) is 3.56. The number of rotatable bonds is 2. The molecule has 3 N–H and O–H groups in total. The molecular weight excluding hydrogens is 190 g/mol. The standard InChI is InChI=1S/C7H15N3O2S/c1-6(7(11)9-8)10-2-4-13(12)5-3-10/h6H,2-5,8H2,1H3,(H,9,11). The molecule has 0 radical (unpaired) electrons. The van der Waals surface area contributed by atoms with Crippen molar-refractivity contribution in [2.45, 2.75) is 13.0 Å². The van der Waals surface area contributed by atoms with E-state index < -0.39 is 10.8 Å². The van der Waals surface area contributed by atoms with Gasteiger partial charge in [-0.05, 0) is 6.92 Å². The number of nitrogens with zero attached hydrogens (tertiary/aromatic N) is 1. The van der Waals surface area contributed by atoms with E-state index >= 15 is 0 Å². The number of carbonyl (C=O) groups is 1. The summed E-state index contributed by atoms with van der Waals surface area (Å²) in [6, 6.07) is -0.220. The molecule has 0 aromatic heterocycles. The molecule has 0 aromatic carbocycles. The van der Waals surface area contributed by atoms with Crippen molar-refractivity contribution in [3.05, 3.63) is 0 Å². The van der Waals surface area contributed by atoms with Crippen LogP contribution in [0.5, 0.6) is 0 Å². The highest BCUT2D eigenvalue weighted by atomic mass is 32.2. The van der Waals surface area contributed by atoms with E-state index in [4.69, 9.17) is 5.84 Å². The fraction of sp³-hybridized carbons (Fsp3) is 0.857. The van der Waals surface area contributed by atoms with Crippen molar-refractivity contribution >= 4 is 16.7 Å². The highest BCUT2D eigenvalue weighted by Gasteiger charge is 2.24. The van der Waals surface area contributed by atoms with Gasteiger partial charge in [-0.2, -0.15) is 0 Å². The van der Waals surface area contributed by atoms with E-state index in [9.17, 15) is 9.00 Å². The van der Waals surface area contributed by atoms with E-state index in [2.05, 4.69) is 5.43 Å². The van der Waals surface area contributed by atoms with Crippen LogP contribution in [0.2, 0.25) is 0 Å². The Bertz CT molecular complexity index is 212. The van der Waals surface area contributed by atoms with Gasteiger partial charge in [0.1, 0.15) is 0 Å². The van der Waals surface area contributed by atoms with E-state index in [1.165, 1.54) is 0 Å². The molecule has 1 aliphatic rings. The van der Waals surface area contributed by atoms with Crippen molar-refractivity contribution in [2.75, 3.05) is 24.6 Å². The lowest BCUT2D eigenvalue weighted by atomic mass is 10.2. The fourth-order valence-corrected chi connectivity index (χ4v) is 2.41. The normalized spacial score (nSPS) is 22.6. The molecular formula is C7H15N3O2S. The summed E-state index contributed by atoms with van der Waals surface area (Å²) in [5, 5.41) is 0. The maximum absolute atomic E-state index is 11.1. The minimum absolute atomic E-state index is 0.187. The van der Waals surface area contributed by atoms with Crippen LogP contribution in [-0.4, -0.2) is 45.7 Å². The molecule has 1 atom stereocenters. The summed E-state index contributed by atoms with van der Waals surface area (Å²) in [6.07, 6.45) is 0. The van der Waals surface area contributed by atoms with Gasteiger partial charge in [-0.25, -0.2) is 5.84 Å². The van der Waals surface area contributed by atoms with Crippen molar-refractivity contribution in [3.63, 3.8) is 0 Å². The Kier molecular flexibility index (Phi) is 3.83. The zero-order chi connectivity index (χ0) is 9.84. The van der Waals surface area contributed by atoms with Gasteiger partial charge in [0.15, 0.2) is 0 Å². The zero-order valence-corrected chi connectivity index (χ0v) is 8.47. The van der Waals surface area contributed by atoms with E-state index in [1.807, 2.05) is 4.90 Å². The molecule has 1 aliphatic heterocycles. The number of amides is 1. The molecule has 1 unspecified atom stereocenters. The molecule has 1 heterocycles. The number of nitrogens with two attached hydrogens (primary N) is 1. The molecule has 0 aliphatic carbocycles. The monoisotopic (exact) mass is 205 g/mol. The largest absolute Gasteiger partial charge is 0.293 e. The third kappa shape index (κ3) is 2.75. The van der Waals surface area contributed by atoms with Gasteiger partial charge < -0.3 is 0 Å². The Morgan fingerprint density at radius 2 is 2.08 bits per heavy atom. The molecule has 5 nitrogen and oxygen atoms in total. The van der Waals surface area contributed by atoms with E-state index in [1.54, 1.807) is 6.92 Å². The van der Waals surface area contributed by atoms with Gasteiger partial charge in [0.2, 0.25) is 0 Å². The number of hydrogen-bond donors (Lipinski definition) is 2. The van der Waals surface area contributed by atoms with Gasteiger partial charge in [0.25, 0.3) is 5.91 Å². The second-order valence-corrected chi connectivity index (χ2v) is 4.76. The Balaban J connectivity index is 2.44. The predicted molar refractivity (Wildman–Crippen MR) is 51.2 cm³/mol. The molecule has 1 saturated heterocycles. The molecule has 0 aromatic rings. The van der Waals surface area contributed by atoms with Gasteiger partial charge in [-0.3, -0.25) is 19.3 Å². The van der Waals surface area contributed by atoms with Crippen molar-refractivity contribution < 1.29 is 9.00 Å². The Morgan fingerprint density at radius 3 is 2.54 bits per heavy atom. The number of hydrazine groups is 1. The van der Waals surface area contributed by atoms with Crippen LogP contribution >= 0.6 is 0 Å². The summed E-state index contributed by atoms with van der Waals surface area (Å²) in [4.78, 5) is 13.1. The van der Waals surface area contributed by atoms with Crippen LogP contribution in [0.3, 0.4) is 0 Å². The van der Waals surface area contributed by atoms with Gasteiger partial charge in [-0.1, -0.05) is 0 Å². The minimum Gasteiger partial charge on any atom is -0.293 e. The molecule has 76 valence electrons. The lowest BCUT2D eigenvalue weighted by molar-refractivity contribution is -0.125. The van der Waals surface area contributed by atoms with Crippen molar-refractivity contribution in [1.29, 1.82) is 0 Å². The maximum atomic E-state index is 11.1. The first-order valence-corrected chi connectivity index (χ1v) is 5.73.